The maximum absolute atomic E-state index is 13.0. The van der Waals surface area contributed by atoms with E-state index in [1.807, 2.05) is 73.7 Å². The molecule has 0 aromatic heterocycles. The molecular weight excluding hydrogens is 444 g/mol. The molecule has 0 saturated carbocycles. The van der Waals surface area contributed by atoms with Gasteiger partial charge in [-0.1, -0.05) is 43.3 Å². The van der Waals surface area contributed by atoms with Crippen molar-refractivity contribution in [2.24, 2.45) is 0 Å². The number of carbonyl (C=O) groups excluding carboxylic acids is 2. The van der Waals surface area contributed by atoms with Crippen LogP contribution in [0.5, 0.6) is 5.75 Å². The molecule has 4 aromatic rings. The van der Waals surface area contributed by atoms with Crippen LogP contribution in [0.15, 0.2) is 95.9 Å². The van der Waals surface area contributed by atoms with E-state index in [0.29, 0.717) is 23.4 Å². The van der Waals surface area contributed by atoms with Crippen LogP contribution in [0.4, 0.5) is 11.4 Å². The fourth-order valence-corrected chi connectivity index (χ4v) is 4.58. The minimum absolute atomic E-state index is 0.0459. The number of carbonyl (C=O) groups is 2. The van der Waals surface area contributed by atoms with Crippen molar-refractivity contribution in [2.75, 3.05) is 17.7 Å². The van der Waals surface area contributed by atoms with Crippen LogP contribution in [0.1, 0.15) is 23.7 Å². The molecule has 0 bridgehead atoms. The number of rotatable bonds is 8. The van der Waals surface area contributed by atoms with Gasteiger partial charge in [-0.2, -0.15) is 0 Å². The highest BCUT2D eigenvalue weighted by molar-refractivity contribution is 8.00. The summed E-state index contributed by atoms with van der Waals surface area (Å²) < 4.78 is 5.14. The van der Waals surface area contributed by atoms with Crippen LogP contribution in [-0.2, 0) is 4.79 Å². The van der Waals surface area contributed by atoms with Crippen LogP contribution < -0.4 is 15.4 Å². The van der Waals surface area contributed by atoms with Crippen molar-refractivity contribution in [3.05, 3.63) is 96.6 Å². The quantitative estimate of drug-likeness (QED) is 0.284. The van der Waals surface area contributed by atoms with Gasteiger partial charge in [-0.15, -0.1) is 11.8 Å². The first-order chi connectivity index (χ1) is 16.6. The summed E-state index contributed by atoms with van der Waals surface area (Å²) in [5.74, 6) is 0.448. The zero-order valence-corrected chi connectivity index (χ0v) is 19.9. The number of benzene rings is 4. The smallest absolute Gasteiger partial charge is 0.255 e. The number of anilines is 2. The van der Waals surface area contributed by atoms with E-state index in [2.05, 4.69) is 10.6 Å². The Hall–Kier alpha value is -3.77. The molecule has 5 nitrogen and oxygen atoms in total. The lowest BCUT2D eigenvalue weighted by atomic mass is 10.1. The molecule has 1 unspecified atom stereocenters. The monoisotopic (exact) mass is 470 g/mol. The third-order valence-electron chi connectivity index (χ3n) is 5.40. The number of nitrogens with one attached hydrogen (secondary N) is 2. The number of amides is 2. The summed E-state index contributed by atoms with van der Waals surface area (Å²) in [5.41, 5.74) is 2.00. The summed E-state index contributed by atoms with van der Waals surface area (Å²) in [6.07, 6.45) is 0.673. The Labute approximate surface area is 203 Å². The number of ether oxygens (including phenoxy) is 1. The van der Waals surface area contributed by atoms with Crippen molar-refractivity contribution in [1.82, 2.24) is 0 Å². The first-order valence-electron chi connectivity index (χ1n) is 11.1. The molecule has 0 aliphatic heterocycles. The van der Waals surface area contributed by atoms with E-state index < -0.39 is 0 Å². The number of thioether (sulfide) groups is 1. The van der Waals surface area contributed by atoms with Gasteiger partial charge in [-0.05, 0) is 71.8 Å². The highest BCUT2D eigenvalue weighted by Gasteiger charge is 2.18. The van der Waals surface area contributed by atoms with E-state index in [1.165, 1.54) is 11.8 Å². The molecule has 1 atom stereocenters. The van der Waals surface area contributed by atoms with Crippen molar-refractivity contribution < 1.29 is 14.3 Å². The maximum Gasteiger partial charge on any atom is 0.255 e. The van der Waals surface area contributed by atoms with E-state index in [0.717, 1.165) is 21.4 Å². The second-order valence-corrected chi connectivity index (χ2v) is 9.05. The molecule has 0 fully saturated rings. The van der Waals surface area contributed by atoms with E-state index in [9.17, 15) is 9.59 Å². The van der Waals surface area contributed by atoms with Crippen LogP contribution in [0.3, 0.4) is 0 Å². The SMILES string of the molecule is CCC(Sc1cccc(NC(=O)c2ccc(OC)cc2)c1)C(=O)Nc1ccc2ccccc2c1. The lowest BCUT2D eigenvalue weighted by Crippen LogP contribution is -2.24. The van der Waals surface area contributed by atoms with E-state index in [1.54, 1.807) is 31.4 Å². The van der Waals surface area contributed by atoms with Gasteiger partial charge >= 0.3 is 0 Å². The summed E-state index contributed by atoms with van der Waals surface area (Å²) in [6.45, 7) is 1.99. The normalized spacial score (nSPS) is 11.6. The first-order valence-corrected chi connectivity index (χ1v) is 12.0. The van der Waals surface area contributed by atoms with E-state index in [-0.39, 0.29) is 17.1 Å². The average molecular weight is 471 g/mol. The van der Waals surface area contributed by atoms with Crippen molar-refractivity contribution in [3.63, 3.8) is 0 Å². The van der Waals surface area contributed by atoms with Gasteiger partial charge in [0, 0.05) is 21.8 Å². The van der Waals surface area contributed by atoms with Gasteiger partial charge in [0.1, 0.15) is 5.75 Å². The highest BCUT2D eigenvalue weighted by Crippen LogP contribution is 2.29. The second-order valence-electron chi connectivity index (χ2n) is 7.78. The largest absolute Gasteiger partial charge is 0.497 e. The fourth-order valence-electron chi connectivity index (χ4n) is 3.57. The topological polar surface area (TPSA) is 67.4 Å². The Kier molecular flexibility index (Phi) is 7.50. The molecule has 0 aliphatic rings. The van der Waals surface area contributed by atoms with Gasteiger partial charge < -0.3 is 15.4 Å². The predicted octanol–water partition coefficient (Wildman–Crippen LogP) is 6.61. The van der Waals surface area contributed by atoms with Crippen LogP contribution in [0, 0.1) is 0 Å². The summed E-state index contributed by atoms with van der Waals surface area (Å²) in [4.78, 5) is 26.5. The van der Waals surface area contributed by atoms with Crippen molar-refractivity contribution >= 4 is 45.7 Å². The first kappa shape index (κ1) is 23.4. The third-order valence-corrected chi connectivity index (χ3v) is 6.76. The molecule has 0 aliphatic carbocycles. The molecule has 4 aromatic carbocycles. The van der Waals surface area contributed by atoms with Gasteiger partial charge in [0.05, 0.1) is 12.4 Å². The number of methoxy groups -OCH3 is 1. The average Bonchev–Trinajstić information content (AvgIpc) is 2.87. The zero-order valence-electron chi connectivity index (χ0n) is 19.1. The minimum Gasteiger partial charge on any atom is -0.497 e. The molecule has 0 radical (unpaired) electrons. The fraction of sp³-hybridized carbons (Fsp3) is 0.143. The van der Waals surface area contributed by atoms with Crippen molar-refractivity contribution in [3.8, 4) is 5.75 Å². The van der Waals surface area contributed by atoms with E-state index in [4.69, 9.17) is 4.74 Å². The van der Waals surface area contributed by atoms with Crippen molar-refractivity contribution in [2.45, 2.75) is 23.5 Å². The molecule has 2 N–H and O–H groups in total. The lowest BCUT2D eigenvalue weighted by molar-refractivity contribution is -0.115. The predicted molar refractivity (Wildman–Crippen MR) is 140 cm³/mol. The third kappa shape index (κ3) is 5.77. The maximum atomic E-state index is 13.0. The van der Waals surface area contributed by atoms with Gasteiger partial charge in [-0.25, -0.2) is 0 Å². The lowest BCUT2D eigenvalue weighted by Gasteiger charge is -2.16. The number of fused-ring (bicyclic) bond motifs is 1. The van der Waals surface area contributed by atoms with Crippen LogP contribution in [0.25, 0.3) is 10.8 Å². The number of hydrogen-bond donors (Lipinski definition) is 2. The molecule has 34 heavy (non-hydrogen) atoms. The Morgan fingerprint density at radius 2 is 1.56 bits per heavy atom. The number of hydrogen-bond acceptors (Lipinski definition) is 4. The van der Waals surface area contributed by atoms with Gasteiger partial charge in [-0.3, -0.25) is 9.59 Å². The second kappa shape index (κ2) is 10.9. The highest BCUT2D eigenvalue weighted by atomic mass is 32.2. The Morgan fingerprint density at radius 3 is 2.29 bits per heavy atom. The molecular formula is C28H26N2O3S. The van der Waals surface area contributed by atoms with Crippen LogP contribution in [0.2, 0.25) is 0 Å². The summed E-state index contributed by atoms with van der Waals surface area (Å²) in [5, 5.41) is 7.92. The van der Waals surface area contributed by atoms with Gasteiger partial charge in [0.25, 0.3) is 5.91 Å². The summed E-state index contributed by atoms with van der Waals surface area (Å²) in [7, 11) is 1.59. The van der Waals surface area contributed by atoms with Crippen LogP contribution >= 0.6 is 11.8 Å². The molecule has 6 heteroatoms. The van der Waals surface area contributed by atoms with E-state index >= 15 is 0 Å². The molecule has 0 saturated heterocycles. The summed E-state index contributed by atoms with van der Waals surface area (Å²) in [6, 6.07) is 28.5. The van der Waals surface area contributed by atoms with Crippen LogP contribution in [-0.4, -0.2) is 24.2 Å². The van der Waals surface area contributed by atoms with Crippen molar-refractivity contribution in [1.29, 1.82) is 0 Å². The molecule has 2 amide bonds. The minimum atomic E-state index is -0.265. The summed E-state index contributed by atoms with van der Waals surface area (Å²) >= 11 is 1.48. The van der Waals surface area contributed by atoms with Gasteiger partial charge in [0.2, 0.25) is 5.91 Å². The molecule has 0 heterocycles. The Morgan fingerprint density at radius 1 is 0.824 bits per heavy atom. The Bertz CT molecular complexity index is 1300. The Balaban J connectivity index is 1.41. The van der Waals surface area contributed by atoms with Gasteiger partial charge in [0.15, 0.2) is 0 Å². The zero-order chi connectivity index (χ0) is 23.9. The molecule has 4 rings (SSSR count). The molecule has 0 spiro atoms. The molecule has 172 valence electrons. The standard InChI is InChI=1S/C28H26N2O3S/c1-3-26(28(32)30-23-14-11-19-7-4-5-8-21(19)17-23)34-25-10-6-9-22(18-25)29-27(31)20-12-15-24(33-2)16-13-20/h4-18,26H,3H2,1-2H3,(H,29,31)(H,30,32).